The van der Waals surface area contributed by atoms with Crippen molar-refractivity contribution < 1.29 is 17.6 Å². The van der Waals surface area contributed by atoms with Crippen LogP contribution in [0.5, 0.6) is 0 Å². The Morgan fingerprint density at radius 1 is 1.10 bits per heavy atom. The van der Waals surface area contributed by atoms with Crippen molar-refractivity contribution >= 4 is 17.2 Å². The molecule has 0 radical (unpaired) electrons. The van der Waals surface area contributed by atoms with Gasteiger partial charge in [0.15, 0.2) is 0 Å². The van der Waals surface area contributed by atoms with E-state index in [1.807, 2.05) is 0 Å². The van der Waals surface area contributed by atoms with E-state index < -0.39 is 17.8 Å². The molecule has 1 aliphatic heterocycles. The highest BCUT2D eigenvalue weighted by atomic mass is 35.5. The van der Waals surface area contributed by atoms with Crippen molar-refractivity contribution in [1.29, 1.82) is 0 Å². The van der Waals surface area contributed by atoms with Crippen LogP contribution in [0, 0.1) is 5.82 Å². The predicted molar refractivity (Wildman–Crippen MR) is 102 cm³/mol. The zero-order chi connectivity index (χ0) is 20.6. The smallest absolute Gasteiger partial charge is 0.329 e. The summed E-state index contributed by atoms with van der Waals surface area (Å²) >= 11 is 6.26. The summed E-state index contributed by atoms with van der Waals surface area (Å²) in [5.74, 6) is 0.0886. The van der Waals surface area contributed by atoms with Crippen molar-refractivity contribution in [2.24, 2.45) is 0 Å². The molecule has 3 aromatic rings. The number of aromatic amines is 1. The first-order valence-corrected chi connectivity index (χ1v) is 9.19. The predicted octanol–water partition coefficient (Wildman–Crippen LogP) is 5.40. The van der Waals surface area contributed by atoms with E-state index in [0.717, 1.165) is 11.6 Å². The van der Waals surface area contributed by atoms with Gasteiger partial charge in [-0.2, -0.15) is 13.2 Å². The van der Waals surface area contributed by atoms with Gasteiger partial charge in [0.2, 0.25) is 0 Å². The zero-order valence-electron chi connectivity index (χ0n) is 14.9. The number of pyridine rings is 1. The van der Waals surface area contributed by atoms with E-state index in [4.69, 9.17) is 11.6 Å². The monoisotopic (exact) mass is 422 g/mol. The molecular weight excluding hydrogens is 408 g/mol. The maximum absolute atomic E-state index is 13.3. The topological polar surface area (TPSA) is 53.6 Å². The van der Waals surface area contributed by atoms with E-state index >= 15 is 0 Å². The first kappa shape index (κ1) is 19.6. The first-order chi connectivity index (χ1) is 13.8. The Labute approximate surface area is 168 Å². The number of benzene rings is 1. The molecule has 150 valence electrons. The third-order valence-corrected chi connectivity index (χ3v) is 4.92. The lowest BCUT2D eigenvalue weighted by Crippen LogP contribution is -2.28. The summed E-state index contributed by atoms with van der Waals surface area (Å²) < 4.78 is 53.2. The summed E-state index contributed by atoms with van der Waals surface area (Å²) in [5.41, 5.74) is 0.941. The molecule has 1 aliphatic rings. The van der Waals surface area contributed by atoms with Crippen LogP contribution in [0.1, 0.15) is 29.5 Å². The summed E-state index contributed by atoms with van der Waals surface area (Å²) in [6.07, 6.45) is -0.937. The van der Waals surface area contributed by atoms with Gasteiger partial charge in [-0.25, -0.2) is 9.37 Å². The highest BCUT2D eigenvalue weighted by molar-refractivity contribution is 6.32. The van der Waals surface area contributed by atoms with Crippen LogP contribution in [0.15, 0.2) is 48.7 Å². The number of nitrogens with zero attached hydrogens (tertiary/aromatic N) is 2. The Morgan fingerprint density at radius 3 is 2.59 bits per heavy atom. The van der Waals surface area contributed by atoms with Crippen LogP contribution >= 0.6 is 11.6 Å². The second-order valence-electron chi connectivity index (χ2n) is 6.56. The molecule has 0 fully saturated rings. The van der Waals surface area contributed by atoms with E-state index in [1.165, 1.54) is 24.4 Å². The van der Waals surface area contributed by atoms with Gasteiger partial charge in [-0.3, -0.25) is 4.98 Å². The maximum atomic E-state index is 13.3. The lowest BCUT2D eigenvalue weighted by Gasteiger charge is -2.24. The SMILES string of the molecule is Fc1ccc(-c2nc(C3=CC(c4ncccc4C(F)(F)F)NCC3)[nH]c2Cl)cc1. The van der Waals surface area contributed by atoms with Crippen LogP contribution in [0.25, 0.3) is 16.8 Å². The third-order valence-electron chi connectivity index (χ3n) is 4.65. The lowest BCUT2D eigenvalue weighted by molar-refractivity contribution is -0.138. The highest BCUT2D eigenvalue weighted by Crippen LogP contribution is 2.36. The normalized spacial score (nSPS) is 17.3. The van der Waals surface area contributed by atoms with Crippen LogP contribution < -0.4 is 5.32 Å². The first-order valence-electron chi connectivity index (χ1n) is 8.81. The molecule has 0 saturated carbocycles. The van der Waals surface area contributed by atoms with E-state index in [9.17, 15) is 17.6 Å². The van der Waals surface area contributed by atoms with Crippen LogP contribution in [0.4, 0.5) is 17.6 Å². The summed E-state index contributed by atoms with van der Waals surface area (Å²) in [6.45, 7) is 0.453. The quantitative estimate of drug-likeness (QED) is 0.555. The molecule has 1 atom stereocenters. The number of nitrogens with one attached hydrogen (secondary N) is 2. The Hall–Kier alpha value is -2.71. The van der Waals surface area contributed by atoms with Crippen molar-refractivity contribution in [3.63, 3.8) is 0 Å². The van der Waals surface area contributed by atoms with E-state index in [1.54, 1.807) is 18.2 Å². The average molecular weight is 423 g/mol. The average Bonchev–Trinajstić information content (AvgIpc) is 3.10. The Morgan fingerprint density at radius 2 is 1.86 bits per heavy atom. The van der Waals surface area contributed by atoms with Gasteiger partial charge in [-0.1, -0.05) is 17.7 Å². The van der Waals surface area contributed by atoms with Crippen LogP contribution in [0.3, 0.4) is 0 Å². The highest BCUT2D eigenvalue weighted by Gasteiger charge is 2.36. The number of rotatable bonds is 3. The molecule has 2 N–H and O–H groups in total. The van der Waals surface area contributed by atoms with Gasteiger partial charge < -0.3 is 10.3 Å². The standard InChI is InChI=1S/C20H15ClF4N4/c21-18-16(11-3-5-13(22)6-4-11)28-19(29-18)12-7-9-26-15(10-12)17-14(20(23,24)25)2-1-8-27-17/h1-6,8,10,15,26H,7,9H2,(H,28,29). The van der Waals surface area contributed by atoms with Crippen molar-refractivity contribution in [2.45, 2.75) is 18.6 Å². The molecule has 0 aliphatic carbocycles. The van der Waals surface area contributed by atoms with Crippen molar-refractivity contribution in [3.8, 4) is 11.3 Å². The van der Waals surface area contributed by atoms with E-state index in [-0.39, 0.29) is 16.7 Å². The largest absolute Gasteiger partial charge is 0.418 e. The number of imidazole rings is 1. The number of hydrogen-bond acceptors (Lipinski definition) is 3. The molecule has 0 saturated heterocycles. The summed E-state index contributed by atoms with van der Waals surface area (Å²) in [4.78, 5) is 11.4. The molecule has 0 amide bonds. The Kier molecular flexibility index (Phi) is 5.14. The zero-order valence-corrected chi connectivity index (χ0v) is 15.7. The van der Waals surface area contributed by atoms with Gasteiger partial charge in [-0.05, 0) is 48.4 Å². The molecule has 0 spiro atoms. The van der Waals surface area contributed by atoms with Gasteiger partial charge in [0.1, 0.15) is 22.5 Å². The van der Waals surface area contributed by atoms with E-state index in [0.29, 0.717) is 30.0 Å². The van der Waals surface area contributed by atoms with Gasteiger partial charge >= 0.3 is 6.18 Å². The second kappa shape index (κ2) is 7.61. The lowest BCUT2D eigenvalue weighted by atomic mass is 9.98. The van der Waals surface area contributed by atoms with Crippen molar-refractivity contribution in [1.82, 2.24) is 20.3 Å². The molecule has 4 rings (SSSR count). The molecule has 1 unspecified atom stereocenters. The maximum Gasteiger partial charge on any atom is 0.418 e. The minimum Gasteiger partial charge on any atom is -0.329 e. The van der Waals surface area contributed by atoms with Crippen LogP contribution in [-0.2, 0) is 6.18 Å². The number of hydrogen-bond donors (Lipinski definition) is 2. The van der Waals surface area contributed by atoms with Gasteiger partial charge in [-0.15, -0.1) is 0 Å². The van der Waals surface area contributed by atoms with Crippen LogP contribution in [-0.4, -0.2) is 21.5 Å². The van der Waals surface area contributed by atoms with Gasteiger partial charge in [0.05, 0.1) is 17.3 Å². The number of alkyl halides is 3. The summed E-state index contributed by atoms with van der Waals surface area (Å²) in [5, 5.41) is 3.33. The molecular formula is C20H15ClF4N4. The summed E-state index contributed by atoms with van der Waals surface area (Å²) in [6, 6.07) is 7.30. The van der Waals surface area contributed by atoms with Crippen LogP contribution in [0.2, 0.25) is 5.15 Å². The Bertz CT molecular complexity index is 1060. The fourth-order valence-electron chi connectivity index (χ4n) is 3.29. The molecule has 9 heteroatoms. The van der Waals surface area contributed by atoms with Gasteiger partial charge in [0.25, 0.3) is 0 Å². The Balaban J connectivity index is 1.69. The van der Waals surface area contributed by atoms with Gasteiger partial charge in [0, 0.05) is 18.3 Å². The molecule has 2 aromatic heterocycles. The fraction of sp³-hybridized carbons (Fsp3) is 0.200. The third kappa shape index (κ3) is 4.04. The number of halogens is 5. The van der Waals surface area contributed by atoms with Crippen molar-refractivity contribution in [2.75, 3.05) is 6.54 Å². The minimum absolute atomic E-state index is 0.0892. The molecule has 1 aromatic carbocycles. The fourth-order valence-corrected chi connectivity index (χ4v) is 3.53. The summed E-state index contributed by atoms with van der Waals surface area (Å²) in [7, 11) is 0. The molecule has 4 nitrogen and oxygen atoms in total. The van der Waals surface area contributed by atoms with Crippen molar-refractivity contribution in [3.05, 3.63) is 76.7 Å². The number of H-pyrrole nitrogens is 1. The molecule has 29 heavy (non-hydrogen) atoms. The van der Waals surface area contributed by atoms with E-state index in [2.05, 4.69) is 20.3 Å². The number of aromatic nitrogens is 3. The second-order valence-corrected chi connectivity index (χ2v) is 6.94. The minimum atomic E-state index is -4.50. The molecule has 0 bridgehead atoms. The molecule has 3 heterocycles.